The Morgan fingerprint density at radius 1 is 1.06 bits per heavy atom. The number of methoxy groups -OCH3 is 2. The summed E-state index contributed by atoms with van der Waals surface area (Å²) >= 11 is 0. The predicted octanol–water partition coefficient (Wildman–Crippen LogP) is 4.31. The highest BCUT2D eigenvalue weighted by Crippen LogP contribution is 2.29. The van der Waals surface area contributed by atoms with Crippen molar-refractivity contribution in [2.24, 2.45) is 0 Å². The van der Waals surface area contributed by atoms with Crippen LogP contribution in [0.15, 0.2) is 48.5 Å². The Morgan fingerprint density at radius 2 is 1.78 bits per heavy atom. The molecule has 0 saturated heterocycles. The van der Waals surface area contributed by atoms with Gasteiger partial charge in [-0.1, -0.05) is 29.8 Å². The summed E-state index contributed by atoms with van der Waals surface area (Å²) in [5.41, 5.74) is 5.70. The molecule has 2 aromatic carbocycles. The van der Waals surface area contributed by atoms with Crippen molar-refractivity contribution >= 4 is 18.0 Å². The first-order valence-corrected chi connectivity index (χ1v) is 11.7. The molecule has 0 radical (unpaired) electrons. The van der Waals surface area contributed by atoms with Gasteiger partial charge in [-0.05, 0) is 57.5 Å². The molecule has 36 heavy (non-hydrogen) atoms. The minimum absolute atomic E-state index is 0.374. The largest absolute Gasteiger partial charge is 0.497 e. The summed E-state index contributed by atoms with van der Waals surface area (Å²) in [7, 11) is 3.13. The number of amides is 1. The number of aromatic nitrogens is 2. The molecule has 1 N–H and O–H groups in total. The molecule has 1 aromatic heterocycles. The molecule has 0 saturated carbocycles. The molecule has 1 heterocycles. The molecule has 1 atom stereocenters. The number of esters is 1. The first-order chi connectivity index (χ1) is 17.2. The maximum absolute atomic E-state index is 12.4. The van der Waals surface area contributed by atoms with Gasteiger partial charge < -0.3 is 19.5 Å². The van der Waals surface area contributed by atoms with Gasteiger partial charge in [-0.15, -0.1) is 0 Å². The van der Waals surface area contributed by atoms with E-state index in [0.29, 0.717) is 18.0 Å². The van der Waals surface area contributed by atoms with Crippen molar-refractivity contribution in [3.63, 3.8) is 0 Å². The minimum Gasteiger partial charge on any atom is -0.497 e. The van der Waals surface area contributed by atoms with Gasteiger partial charge in [0.15, 0.2) is 6.61 Å². The van der Waals surface area contributed by atoms with Crippen LogP contribution in [0.2, 0.25) is 0 Å². The molecule has 0 aliphatic carbocycles. The summed E-state index contributed by atoms with van der Waals surface area (Å²) in [6, 6.07) is 13.3. The van der Waals surface area contributed by atoms with E-state index in [2.05, 4.69) is 41.6 Å². The number of ether oxygens (including phenoxy) is 3. The lowest BCUT2D eigenvalue weighted by molar-refractivity contribution is -0.144. The molecule has 0 bridgehead atoms. The maximum Gasteiger partial charge on any atom is 0.331 e. The van der Waals surface area contributed by atoms with Gasteiger partial charge in [-0.2, -0.15) is 5.10 Å². The van der Waals surface area contributed by atoms with Crippen molar-refractivity contribution < 1.29 is 23.8 Å². The van der Waals surface area contributed by atoms with Crippen molar-refractivity contribution in [3.05, 3.63) is 82.2 Å². The molecule has 0 aliphatic heterocycles. The van der Waals surface area contributed by atoms with Gasteiger partial charge in [0, 0.05) is 22.9 Å². The summed E-state index contributed by atoms with van der Waals surface area (Å²) in [5.74, 6) is 0.239. The number of nitrogens with zero attached hydrogens (tertiary/aromatic N) is 2. The van der Waals surface area contributed by atoms with Crippen LogP contribution in [-0.2, 0) is 20.9 Å². The SMILES string of the molecule is COc1ccc(OC)c(C(C)NC(=O)COC(=O)/C=C/c2c(C)nn(Cc3ccc(C)cc3)c2C)c1. The number of nitrogens with one attached hydrogen (secondary N) is 1. The van der Waals surface area contributed by atoms with Crippen molar-refractivity contribution in [1.82, 2.24) is 15.1 Å². The molecule has 8 nitrogen and oxygen atoms in total. The van der Waals surface area contributed by atoms with Crippen LogP contribution in [0.25, 0.3) is 6.08 Å². The topological polar surface area (TPSA) is 91.7 Å². The van der Waals surface area contributed by atoms with E-state index in [9.17, 15) is 9.59 Å². The summed E-state index contributed by atoms with van der Waals surface area (Å²) in [6.45, 7) is 7.96. The van der Waals surface area contributed by atoms with Crippen LogP contribution < -0.4 is 14.8 Å². The van der Waals surface area contributed by atoms with Crippen molar-refractivity contribution in [2.45, 2.75) is 40.3 Å². The highest BCUT2D eigenvalue weighted by atomic mass is 16.5. The van der Waals surface area contributed by atoms with E-state index < -0.39 is 18.5 Å². The Labute approximate surface area is 211 Å². The molecule has 3 rings (SSSR count). The van der Waals surface area contributed by atoms with Crippen LogP contribution in [0.1, 0.15) is 46.6 Å². The standard InChI is InChI=1S/C28H33N3O5/c1-18-7-9-22(10-8-18)16-31-21(4)24(20(3)30-31)12-14-28(33)36-17-27(32)29-19(2)25-15-23(34-5)11-13-26(25)35-6/h7-15,19H,16-17H2,1-6H3,(H,29,32)/b14-12+. The van der Waals surface area contributed by atoms with Crippen molar-refractivity contribution in [1.29, 1.82) is 0 Å². The van der Waals surface area contributed by atoms with E-state index in [1.807, 2.05) is 25.5 Å². The number of rotatable bonds is 10. The summed E-state index contributed by atoms with van der Waals surface area (Å²) < 4.78 is 17.7. The van der Waals surface area contributed by atoms with E-state index in [-0.39, 0.29) is 6.04 Å². The lowest BCUT2D eigenvalue weighted by atomic mass is 10.1. The Morgan fingerprint density at radius 3 is 2.44 bits per heavy atom. The number of hydrogen-bond acceptors (Lipinski definition) is 6. The van der Waals surface area contributed by atoms with Gasteiger partial charge in [-0.25, -0.2) is 4.79 Å². The second-order valence-corrected chi connectivity index (χ2v) is 8.57. The number of carbonyl (C=O) groups is 2. The predicted molar refractivity (Wildman–Crippen MR) is 138 cm³/mol. The van der Waals surface area contributed by atoms with Gasteiger partial charge in [0.2, 0.25) is 0 Å². The van der Waals surface area contributed by atoms with Gasteiger partial charge in [0.1, 0.15) is 11.5 Å². The van der Waals surface area contributed by atoms with Crippen LogP contribution in [0.3, 0.4) is 0 Å². The Hall–Kier alpha value is -4.07. The second-order valence-electron chi connectivity index (χ2n) is 8.57. The van der Waals surface area contributed by atoms with Crippen LogP contribution in [0.5, 0.6) is 11.5 Å². The molecule has 0 aliphatic rings. The molecular weight excluding hydrogens is 458 g/mol. The fourth-order valence-corrected chi connectivity index (χ4v) is 3.85. The lowest BCUT2D eigenvalue weighted by Gasteiger charge is -2.18. The first kappa shape index (κ1) is 26.5. The Bertz CT molecular complexity index is 1240. The third-order valence-electron chi connectivity index (χ3n) is 5.90. The fraction of sp³-hybridized carbons (Fsp3) is 0.321. The molecular formula is C28H33N3O5. The Balaban J connectivity index is 1.56. The van der Waals surface area contributed by atoms with Gasteiger partial charge in [0.25, 0.3) is 5.91 Å². The van der Waals surface area contributed by atoms with Crippen molar-refractivity contribution in [3.8, 4) is 11.5 Å². The number of benzene rings is 2. The van der Waals surface area contributed by atoms with E-state index in [4.69, 9.17) is 14.2 Å². The van der Waals surface area contributed by atoms with E-state index in [1.165, 1.54) is 11.6 Å². The van der Waals surface area contributed by atoms with Gasteiger partial charge in [0.05, 0.1) is 32.5 Å². The van der Waals surface area contributed by atoms with Gasteiger partial charge >= 0.3 is 5.97 Å². The summed E-state index contributed by atoms with van der Waals surface area (Å²) in [5, 5.41) is 7.41. The molecule has 0 spiro atoms. The van der Waals surface area contributed by atoms with Crippen LogP contribution in [0.4, 0.5) is 0 Å². The Kier molecular flexibility index (Phi) is 8.89. The maximum atomic E-state index is 12.4. The molecule has 0 fully saturated rings. The van der Waals surface area contributed by atoms with Crippen LogP contribution in [-0.4, -0.2) is 42.5 Å². The smallest absolute Gasteiger partial charge is 0.331 e. The molecule has 3 aromatic rings. The first-order valence-electron chi connectivity index (χ1n) is 11.7. The quantitative estimate of drug-likeness (QED) is 0.336. The third-order valence-corrected chi connectivity index (χ3v) is 5.90. The highest BCUT2D eigenvalue weighted by molar-refractivity contribution is 5.89. The average Bonchev–Trinajstić information content (AvgIpc) is 3.13. The molecule has 190 valence electrons. The fourth-order valence-electron chi connectivity index (χ4n) is 3.85. The highest BCUT2D eigenvalue weighted by Gasteiger charge is 2.16. The van der Waals surface area contributed by atoms with E-state index in [0.717, 1.165) is 28.1 Å². The van der Waals surface area contributed by atoms with Crippen molar-refractivity contribution in [2.75, 3.05) is 20.8 Å². The zero-order valence-corrected chi connectivity index (χ0v) is 21.6. The zero-order valence-electron chi connectivity index (χ0n) is 21.6. The third kappa shape index (κ3) is 6.75. The van der Waals surface area contributed by atoms with Crippen LogP contribution in [0, 0.1) is 20.8 Å². The molecule has 8 heteroatoms. The summed E-state index contributed by atoms with van der Waals surface area (Å²) in [4.78, 5) is 24.6. The second kappa shape index (κ2) is 12.1. The molecule has 1 unspecified atom stereocenters. The van der Waals surface area contributed by atoms with Crippen LogP contribution >= 0.6 is 0 Å². The minimum atomic E-state index is -0.609. The van der Waals surface area contributed by atoms with Gasteiger partial charge in [-0.3, -0.25) is 9.48 Å². The number of carbonyl (C=O) groups excluding carboxylic acids is 2. The normalized spacial score (nSPS) is 11.8. The number of hydrogen-bond donors (Lipinski definition) is 1. The summed E-state index contributed by atoms with van der Waals surface area (Å²) in [6.07, 6.45) is 2.99. The zero-order chi connectivity index (χ0) is 26.2. The number of aryl methyl sites for hydroxylation is 2. The van der Waals surface area contributed by atoms with E-state index in [1.54, 1.807) is 38.5 Å². The monoisotopic (exact) mass is 491 g/mol. The average molecular weight is 492 g/mol. The van der Waals surface area contributed by atoms with E-state index >= 15 is 0 Å². The molecule has 1 amide bonds. The lowest BCUT2D eigenvalue weighted by Crippen LogP contribution is -2.31.